The zero-order chi connectivity index (χ0) is 24.2. The van der Waals surface area contributed by atoms with Gasteiger partial charge in [0.2, 0.25) is 0 Å². The molecule has 0 spiro atoms. The summed E-state index contributed by atoms with van der Waals surface area (Å²) in [5.74, 6) is -0.305. The Balaban J connectivity index is 2.03. The van der Waals surface area contributed by atoms with E-state index in [0.29, 0.717) is 18.6 Å². The van der Waals surface area contributed by atoms with Crippen LogP contribution in [0.5, 0.6) is 0 Å². The lowest BCUT2D eigenvalue weighted by atomic mass is 9.63. The predicted octanol–water partition coefficient (Wildman–Crippen LogP) is 6.76. The van der Waals surface area contributed by atoms with Crippen LogP contribution >= 0.6 is 0 Å². The van der Waals surface area contributed by atoms with E-state index < -0.39 is 0 Å². The molecule has 4 nitrogen and oxygen atoms in total. The fraction of sp³-hybridized carbons (Fsp3) is 0.483. The molecule has 0 fully saturated rings. The van der Waals surface area contributed by atoms with E-state index >= 15 is 0 Å². The molecule has 0 N–H and O–H groups in total. The van der Waals surface area contributed by atoms with Gasteiger partial charge in [0, 0.05) is 20.6 Å². The Bertz CT molecular complexity index is 995. The molecule has 0 atom stereocenters. The molecular formula is C29H38O4. The van der Waals surface area contributed by atoms with Gasteiger partial charge in [-0.2, -0.15) is 0 Å². The molecular weight excluding hydrogens is 412 g/mol. The first-order valence-corrected chi connectivity index (χ1v) is 11.8. The number of ether oxygens (including phenoxy) is 3. The molecule has 0 amide bonds. The van der Waals surface area contributed by atoms with Crippen molar-refractivity contribution < 1.29 is 19.0 Å². The molecule has 3 rings (SSSR count). The maximum Gasteiger partial charge on any atom is 0.338 e. The number of hydrogen-bond acceptors (Lipinski definition) is 4. The lowest BCUT2D eigenvalue weighted by Crippen LogP contribution is -2.33. The van der Waals surface area contributed by atoms with Crippen molar-refractivity contribution in [3.8, 4) is 0 Å². The van der Waals surface area contributed by atoms with Crippen molar-refractivity contribution in [2.45, 2.75) is 71.0 Å². The quantitative estimate of drug-likeness (QED) is 0.253. The third-order valence-corrected chi connectivity index (χ3v) is 6.90. The van der Waals surface area contributed by atoms with Gasteiger partial charge in [-0.15, -0.1) is 0 Å². The summed E-state index contributed by atoms with van der Waals surface area (Å²) in [6.07, 6.45) is 4.83. The van der Waals surface area contributed by atoms with Crippen LogP contribution < -0.4 is 0 Å². The minimum atomic E-state index is -0.353. The van der Waals surface area contributed by atoms with Gasteiger partial charge in [0.05, 0.1) is 12.2 Å². The highest BCUT2D eigenvalue weighted by atomic mass is 16.7. The zero-order valence-electron chi connectivity index (χ0n) is 21.2. The third kappa shape index (κ3) is 5.74. The summed E-state index contributed by atoms with van der Waals surface area (Å²) in [6.45, 7) is 11.5. The first-order valence-electron chi connectivity index (χ1n) is 11.8. The minimum Gasteiger partial charge on any atom is -0.462 e. The second-order valence-corrected chi connectivity index (χ2v) is 10.1. The molecule has 2 aromatic carbocycles. The Labute approximate surface area is 198 Å². The highest BCUT2D eigenvalue weighted by Gasteiger charge is 2.36. The summed E-state index contributed by atoms with van der Waals surface area (Å²) in [6, 6.07) is 14.4. The second kappa shape index (κ2) is 10.2. The van der Waals surface area contributed by atoms with Crippen molar-refractivity contribution in [1.29, 1.82) is 0 Å². The molecule has 0 radical (unpaired) electrons. The van der Waals surface area contributed by atoms with E-state index in [0.717, 1.165) is 16.7 Å². The third-order valence-electron chi connectivity index (χ3n) is 6.90. The first-order chi connectivity index (χ1) is 15.6. The number of rotatable bonds is 8. The number of methoxy groups -OCH3 is 2. The van der Waals surface area contributed by atoms with Crippen molar-refractivity contribution in [3.05, 3.63) is 70.3 Å². The molecule has 2 aromatic rings. The average molecular weight is 451 g/mol. The maximum absolute atomic E-state index is 12.1. The molecule has 1 aliphatic rings. The van der Waals surface area contributed by atoms with Crippen LogP contribution in [0.2, 0.25) is 0 Å². The molecule has 178 valence electrons. The van der Waals surface area contributed by atoms with Crippen LogP contribution in [0.4, 0.5) is 0 Å². The Morgan fingerprint density at radius 1 is 0.909 bits per heavy atom. The van der Waals surface area contributed by atoms with Crippen molar-refractivity contribution >= 4 is 17.6 Å². The van der Waals surface area contributed by atoms with E-state index in [2.05, 4.69) is 52.0 Å². The van der Waals surface area contributed by atoms with Gasteiger partial charge in [-0.3, -0.25) is 0 Å². The van der Waals surface area contributed by atoms with E-state index in [1.807, 2.05) is 31.2 Å². The average Bonchev–Trinajstić information content (AvgIpc) is 2.80. The summed E-state index contributed by atoms with van der Waals surface area (Å²) >= 11 is 0. The monoisotopic (exact) mass is 450 g/mol. The predicted molar refractivity (Wildman–Crippen MR) is 134 cm³/mol. The van der Waals surface area contributed by atoms with Gasteiger partial charge < -0.3 is 14.2 Å². The zero-order valence-corrected chi connectivity index (χ0v) is 21.2. The molecule has 0 saturated heterocycles. The number of carbonyl (C=O) groups excluding carboxylic acids is 1. The van der Waals surface area contributed by atoms with Crippen molar-refractivity contribution in [3.63, 3.8) is 0 Å². The van der Waals surface area contributed by atoms with Crippen LogP contribution in [0, 0.1) is 0 Å². The fourth-order valence-corrected chi connectivity index (χ4v) is 4.63. The van der Waals surface area contributed by atoms with Crippen molar-refractivity contribution in [2.24, 2.45) is 0 Å². The standard InChI is InChI=1S/C29H38O4/c1-8-33-27(30)22-12-10-21(11-13-22)23(19-26(31-6)32-7)17-20-9-14-24-25(18-20)29(4,5)16-15-28(24,2)3/h9-14,17-18,26H,8,15-16,19H2,1-7H3. The van der Waals surface area contributed by atoms with Crippen LogP contribution in [-0.4, -0.2) is 33.1 Å². The van der Waals surface area contributed by atoms with E-state index in [1.54, 1.807) is 14.2 Å². The second-order valence-electron chi connectivity index (χ2n) is 10.1. The van der Waals surface area contributed by atoms with Crippen molar-refractivity contribution in [2.75, 3.05) is 20.8 Å². The van der Waals surface area contributed by atoms with E-state index in [1.165, 1.54) is 24.0 Å². The SMILES string of the molecule is CCOC(=O)c1ccc(C(=Cc2ccc3c(c2)C(C)(C)CCC3(C)C)CC(OC)OC)cc1. The number of carbonyl (C=O) groups is 1. The molecule has 0 aromatic heterocycles. The normalized spacial score (nSPS) is 17.0. The number of hydrogen-bond donors (Lipinski definition) is 0. The largest absolute Gasteiger partial charge is 0.462 e. The van der Waals surface area contributed by atoms with Crippen LogP contribution in [-0.2, 0) is 25.0 Å². The topological polar surface area (TPSA) is 44.8 Å². The van der Waals surface area contributed by atoms with Gasteiger partial charge in [0.25, 0.3) is 0 Å². The molecule has 1 aliphatic carbocycles. The summed E-state index contributed by atoms with van der Waals surface area (Å²) in [5, 5.41) is 0. The van der Waals surface area contributed by atoms with Crippen LogP contribution in [0.1, 0.15) is 86.5 Å². The van der Waals surface area contributed by atoms with Gasteiger partial charge in [0.1, 0.15) is 0 Å². The Morgan fingerprint density at radius 2 is 1.48 bits per heavy atom. The smallest absolute Gasteiger partial charge is 0.338 e. The molecule has 0 unspecified atom stereocenters. The van der Waals surface area contributed by atoms with Crippen LogP contribution in [0.15, 0.2) is 42.5 Å². The Morgan fingerprint density at radius 3 is 2.06 bits per heavy atom. The van der Waals surface area contributed by atoms with Gasteiger partial charge in [0.15, 0.2) is 6.29 Å². The Hall–Kier alpha value is -2.43. The summed E-state index contributed by atoms with van der Waals surface area (Å²) in [4.78, 5) is 12.1. The Kier molecular flexibility index (Phi) is 7.81. The maximum atomic E-state index is 12.1. The molecule has 33 heavy (non-hydrogen) atoms. The van der Waals surface area contributed by atoms with E-state index in [-0.39, 0.29) is 23.1 Å². The minimum absolute atomic E-state index is 0.151. The number of esters is 1. The first kappa shape index (κ1) is 25.2. The number of fused-ring (bicyclic) bond motifs is 1. The highest BCUT2D eigenvalue weighted by Crippen LogP contribution is 2.46. The van der Waals surface area contributed by atoms with Crippen molar-refractivity contribution in [1.82, 2.24) is 0 Å². The molecule has 0 heterocycles. The lowest BCUT2D eigenvalue weighted by molar-refractivity contribution is -0.0970. The van der Waals surface area contributed by atoms with Crippen LogP contribution in [0.25, 0.3) is 11.6 Å². The molecule has 4 heteroatoms. The molecule has 0 bridgehead atoms. The van der Waals surface area contributed by atoms with Gasteiger partial charge in [-0.1, -0.05) is 64.1 Å². The van der Waals surface area contributed by atoms with Gasteiger partial charge in [-0.25, -0.2) is 4.79 Å². The van der Waals surface area contributed by atoms with E-state index in [9.17, 15) is 4.79 Å². The number of benzene rings is 2. The highest BCUT2D eigenvalue weighted by molar-refractivity contribution is 5.90. The fourth-order valence-electron chi connectivity index (χ4n) is 4.63. The van der Waals surface area contributed by atoms with Crippen LogP contribution in [0.3, 0.4) is 0 Å². The summed E-state index contributed by atoms with van der Waals surface area (Å²) in [7, 11) is 3.30. The van der Waals surface area contributed by atoms with Gasteiger partial charge >= 0.3 is 5.97 Å². The summed E-state index contributed by atoms with van der Waals surface area (Å²) in [5.41, 5.74) is 7.05. The lowest BCUT2D eigenvalue weighted by Gasteiger charge is -2.42. The molecule has 0 saturated carbocycles. The van der Waals surface area contributed by atoms with Gasteiger partial charge in [-0.05, 0) is 70.6 Å². The summed E-state index contributed by atoms with van der Waals surface area (Å²) < 4.78 is 16.1. The van der Waals surface area contributed by atoms with E-state index in [4.69, 9.17) is 14.2 Å². The molecule has 0 aliphatic heterocycles.